The molecular weight excluding hydrogens is 461 g/mol. The Morgan fingerprint density at radius 2 is 1.90 bits per heavy atom. The highest BCUT2D eigenvalue weighted by atomic mass is 35.5. The summed E-state index contributed by atoms with van der Waals surface area (Å²) >= 11 is 13.0. The van der Waals surface area contributed by atoms with Gasteiger partial charge >= 0.3 is 5.97 Å². The Hall–Kier alpha value is -2.39. The normalized spacial score (nSPS) is 12.2. The lowest BCUT2D eigenvalue weighted by atomic mass is 10.0. The number of carboxylic acid groups (broad SMARTS) is 1. The van der Waals surface area contributed by atoms with Crippen LogP contribution in [0.2, 0.25) is 9.36 Å². The summed E-state index contributed by atoms with van der Waals surface area (Å²) in [6.07, 6.45) is 0.691. The van der Waals surface area contributed by atoms with E-state index in [0.717, 1.165) is 16.9 Å². The predicted octanol–water partition coefficient (Wildman–Crippen LogP) is 4.87. The van der Waals surface area contributed by atoms with Crippen molar-refractivity contribution in [3.05, 3.63) is 68.4 Å². The molecule has 0 saturated carbocycles. The fourth-order valence-corrected chi connectivity index (χ4v) is 4.15. The first-order valence-electron chi connectivity index (χ1n) is 9.45. The number of hydrogen-bond acceptors (Lipinski definition) is 5. The Morgan fingerprint density at radius 3 is 2.52 bits per heavy atom. The van der Waals surface area contributed by atoms with Crippen LogP contribution in [0.1, 0.15) is 47.3 Å². The minimum Gasteiger partial charge on any atom is -0.481 e. The number of nitrogens with one attached hydrogen (secondary N) is 1. The minimum atomic E-state index is -1.06. The molecule has 1 aromatic carbocycles. The zero-order chi connectivity index (χ0) is 22.7. The van der Waals surface area contributed by atoms with Crippen molar-refractivity contribution in [2.24, 2.45) is 5.92 Å². The highest BCUT2D eigenvalue weighted by molar-refractivity contribution is 7.19. The fraction of sp³-hybridized carbons (Fsp3) is 0.286. The first-order valence-corrected chi connectivity index (χ1v) is 11.0. The molecule has 164 valence electrons. The molecule has 0 aliphatic rings. The van der Waals surface area contributed by atoms with Crippen LogP contribution in [-0.4, -0.2) is 31.6 Å². The van der Waals surface area contributed by atoms with Crippen LogP contribution >= 0.6 is 34.5 Å². The van der Waals surface area contributed by atoms with Crippen LogP contribution in [0.15, 0.2) is 36.5 Å². The first kappa shape index (κ1) is 23.3. The van der Waals surface area contributed by atoms with Gasteiger partial charge in [0.2, 0.25) is 0 Å². The first-order chi connectivity index (χ1) is 14.6. The Labute approximate surface area is 193 Å². The molecule has 0 aliphatic carbocycles. The van der Waals surface area contributed by atoms with Gasteiger partial charge in [-0.2, -0.15) is 0 Å². The molecule has 3 N–H and O–H groups in total. The van der Waals surface area contributed by atoms with Crippen LogP contribution in [0.3, 0.4) is 0 Å². The number of amides is 1. The molecule has 0 aliphatic heterocycles. The summed E-state index contributed by atoms with van der Waals surface area (Å²) in [5.41, 5.74) is 2.08. The number of aliphatic hydroxyl groups excluding tert-OH is 1. The van der Waals surface area contributed by atoms with Crippen molar-refractivity contribution in [3.63, 3.8) is 0 Å². The van der Waals surface area contributed by atoms with E-state index in [0.29, 0.717) is 22.8 Å². The van der Waals surface area contributed by atoms with Gasteiger partial charge in [0.25, 0.3) is 5.91 Å². The third kappa shape index (κ3) is 5.86. The number of nitrogens with zero attached hydrogens (tertiary/aromatic N) is 2. The van der Waals surface area contributed by atoms with Crippen LogP contribution in [-0.2, 0) is 17.8 Å². The average Bonchev–Trinajstić information content (AvgIpc) is 3.26. The summed E-state index contributed by atoms with van der Waals surface area (Å²) in [6.45, 7) is 4.18. The lowest BCUT2D eigenvalue weighted by Gasteiger charge is -2.12. The van der Waals surface area contributed by atoms with Gasteiger partial charge in [0.1, 0.15) is 10.0 Å². The monoisotopic (exact) mass is 481 g/mol. The number of benzene rings is 1. The van der Waals surface area contributed by atoms with E-state index in [4.69, 9.17) is 28.3 Å². The topological polar surface area (TPSA) is 104 Å². The molecule has 0 radical (unpaired) electrons. The Bertz CT molecular complexity index is 1090. The molecule has 0 bridgehead atoms. The maximum Gasteiger partial charge on any atom is 0.309 e. The SMILES string of the molecule is CC(C)C(O)c1cc(C(=O)Nc2nc(CC(=O)O)c(Cl)s2)n(Cc2ccc(Cl)cc2)c1. The van der Waals surface area contributed by atoms with Gasteiger partial charge in [-0.15, -0.1) is 0 Å². The molecular formula is C21H21Cl2N3O4S. The highest BCUT2D eigenvalue weighted by Gasteiger charge is 2.21. The number of rotatable bonds is 8. The summed E-state index contributed by atoms with van der Waals surface area (Å²) in [7, 11) is 0. The highest BCUT2D eigenvalue weighted by Crippen LogP contribution is 2.30. The second-order valence-corrected chi connectivity index (χ2v) is 9.40. The van der Waals surface area contributed by atoms with Crippen molar-refractivity contribution in [2.45, 2.75) is 32.9 Å². The molecule has 2 heterocycles. The predicted molar refractivity (Wildman–Crippen MR) is 121 cm³/mol. The van der Waals surface area contributed by atoms with E-state index in [-0.39, 0.29) is 27.5 Å². The van der Waals surface area contributed by atoms with Crippen molar-refractivity contribution in [3.8, 4) is 0 Å². The lowest BCUT2D eigenvalue weighted by molar-refractivity contribution is -0.136. The van der Waals surface area contributed by atoms with Crippen LogP contribution in [0.5, 0.6) is 0 Å². The number of carbonyl (C=O) groups excluding carboxylic acids is 1. The minimum absolute atomic E-state index is 0.0290. The van der Waals surface area contributed by atoms with Crippen LogP contribution < -0.4 is 5.32 Å². The summed E-state index contributed by atoms with van der Waals surface area (Å²) < 4.78 is 1.96. The Kier molecular flexibility index (Phi) is 7.38. The maximum absolute atomic E-state index is 13.0. The maximum atomic E-state index is 13.0. The average molecular weight is 482 g/mol. The molecule has 3 aromatic rings. The number of carboxylic acids is 1. The van der Waals surface area contributed by atoms with E-state index in [1.165, 1.54) is 0 Å². The number of aliphatic carboxylic acids is 1. The van der Waals surface area contributed by atoms with Gasteiger partial charge in [0.05, 0.1) is 18.2 Å². The van der Waals surface area contributed by atoms with E-state index in [2.05, 4.69) is 10.3 Å². The molecule has 10 heteroatoms. The van der Waals surface area contributed by atoms with Crippen molar-refractivity contribution in [1.29, 1.82) is 0 Å². The van der Waals surface area contributed by atoms with Gasteiger partial charge < -0.3 is 14.8 Å². The summed E-state index contributed by atoms with van der Waals surface area (Å²) in [5, 5.41) is 22.9. The second-order valence-electron chi connectivity index (χ2n) is 7.37. The number of aromatic nitrogens is 2. The number of aliphatic hydroxyl groups is 1. The van der Waals surface area contributed by atoms with Crippen LogP contribution in [0.25, 0.3) is 0 Å². The van der Waals surface area contributed by atoms with Gasteiger partial charge in [-0.25, -0.2) is 4.98 Å². The zero-order valence-electron chi connectivity index (χ0n) is 16.8. The molecule has 1 amide bonds. The zero-order valence-corrected chi connectivity index (χ0v) is 19.1. The van der Waals surface area contributed by atoms with Crippen molar-refractivity contribution in [1.82, 2.24) is 9.55 Å². The molecule has 0 spiro atoms. The van der Waals surface area contributed by atoms with Gasteiger partial charge in [0.15, 0.2) is 5.13 Å². The number of halogens is 2. The van der Waals surface area contributed by atoms with Gasteiger partial charge in [0, 0.05) is 17.8 Å². The second kappa shape index (κ2) is 9.82. The molecule has 0 fully saturated rings. The molecule has 2 aromatic heterocycles. The molecule has 0 saturated heterocycles. The van der Waals surface area contributed by atoms with Gasteiger partial charge in [-0.3, -0.25) is 14.9 Å². The quantitative estimate of drug-likeness (QED) is 0.425. The van der Waals surface area contributed by atoms with Crippen LogP contribution in [0, 0.1) is 5.92 Å². The summed E-state index contributed by atoms with van der Waals surface area (Å²) in [4.78, 5) is 28.0. The third-order valence-corrected chi connectivity index (χ3v) is 6.08. The largest absolute Gasteiger partial charge is 0.481 e. The lowest BCUT2D eigenvalue weighted by Crippen LogP contribution is -2.17. The molecule has 3 rings (SSSR count). The standard InChI is InChI=1S/C21H21Cl2N3O4S/c1-11(2)18(29)13-7-16(26(10-13)9-12-3-5-14(22)6-4-12)20(30)25-21-24-15(8-17(27)28)19(23)31-21/h3-7,10-11,18,29H,8-9H2,1-2H3,(H,27,28)(H,24,25,30). The van der Waals surface area contributed by atoms with Gasteiger partial charge in [-0.05, 0) is 35.2 Å². The van der Waals surface area contributed by atoms with E-state index in [1.807, 2.05) is 26.0 Å². The summed E-state index contributed by atoms with van der Waals surface area (Å²) in [6, 6.07) is 8.91. The molecule has 1 unspecified atom stereocenters. The summed E-state index contributed by atoms with van der Waals surface area (Å²) in [5.74, 6) is -1.53. The van der Waals surface area contributed by atoms with E-state index < -0.39 is 18.0 Å². The smallest absolute Gasteiger partial charge is 0.309 e. The molecule has 7 nitrogen and oxygen atoms in total. The number of hydrogen-bond donors (Lipinski definition) is 3. The number of thiazole rings is 1. The van der Waals surface area contributed by atoms with E-state index in [1.54, 1.807) is 29.0 Å². The van der Waals surface area contributed by atoms with Gasteiger partial charge in [-0.1, -0.05) is 60.5 Å². The number of anilines is 1. The van der Waals surface area contributed by atoms with Crippen molar-refractivity contribution < 1.29 is 19.8 Å². The van der Waals surface area contributed by atoms with E-state index in [9.17, 15) is 14.7 Å². The Morgan fingerprint density at radius 1 is 1.23 bits per heavy atom. The molecule has 1 atom stereocenters. The Balaban J connectivity index is 1.89. The molecule has 31 heavy (non-hydrogen) atoms. The van der Waals surface area contributed by atoms with Crippen molar-refractivity contribution >= 4 is 51.5 Å². The van der Waals surface area contributed by atoms with Crippen molar-refractivity contribution in [2.75, 3.05) is 5.32 Å². The van der Waals surface area contributed by atoms with Crippen LogP contribution in [0.4, 0.5) is 5.13 Å². The third-order valence-electron chi connectivity index (χ3n) is 4.58. The van der Waals surface area contributed by atoms with E-state index >= 15 is 0 Å². The number of carbonyl (C=O) groups is 2. The fourth-order valence-electron chi connectivity index (χ4n) is 2.99.